The predicted octanol–water partition coefficient (Wildman–Crippen LogP) is 3.90. The van der Waals surface area contributed by atoms with E-state index in [1.54, 1.807) is 44.2 Å². The van der Waals surface area contributed by atoms with Crippen LogP contribution in [0, 0.1) is 13.8 Å². The van der Waals surface area contributed by atoms with Gasteiger partial charge in [-0.3, -0.25) is 9.59 Å². The van der Waals surface area contributed by atoms with Crippen LogP contribution < -0.4 is 9.62 Å². The van der Waals surface area contributed by atoms with E-state index >= 15 is 0 Å². The number of aryl methyl sites for hydroxylation is 2. The number of nitrogens with one attached hydrogen (secondary N) is 1. The van der Waals surface area contributed by atoms with Crippen molar-refractivity contribution in [2.24, 2.45) is 0 Å². The monoisotopic (exact) mass is 536 g/mol. The summed E-state index contributed by atoms with van der Waals surface area (Å²) in [5, 5.41) is 3.40. The van der Waals surface area contributed by atoms with E-state index < -0.39 is 34.2 Å². The van der Waals surface area contributed by atoms with E-state index in [4.69, 9.17) is 11.6 Å². The molecule has 0 unspecified atom stereocenters. The SMILES string of the molecule is Cc1ccc(C)c(N(CC(=O)N(Cc2cccc(Cl)c2)[C@@H](C)C(=O)NC(C)(C)C)S(=O)(=O)N(C)C)c1. The summed E-state index contributed by atoms with van der Waals surface area (Å²) < 4.78 is 28.8. The number of nitrogens with zero attached hydrogens (tertiary/aromatic N) is 3. The van der Waals surface area contributed by atoms with E-state index in [1.807, 2.05) is 39.8 Å². The zero-order valence-corrected chi connectivity index (χ0v) is 23.9. The molecule has 0 radical (unpaired) electrons. The molecule has 0 saturated heterocycles. The van der Waals surface area contributed by atoms with Gasteiger partial charge < -0.3 is 10.2 Å². The van der Waals surface area contributed by atoms with Crippen LogP contribution in [0.3, 0.4) is 0 Å². The molecule has 0 bridgehead atoms. The second-order valence-corrected chi connectivity index (χ2v) is 12.7. The van der Waals surface area contributed by atoms with Crippen LogP contribution in [0.1, 0.15) is 44.4 Å². The first-order valence-electron chi connectivity index (χ1n) is 11.7. The van der Waals surface area contributed by atoms with Gasteiger partial charge in [-0.05, 0) is 76.4 Å². The second kappa shape index (κ2) is 11.6. The normalized spacial score (nSPS) is 12.8. The summed E-state index contributed by atoms with van der Waals surface area (Å²) in [5.41, 5.74) is 2.19. The van der Waals surface area contributed by atoms with E-state index in [2.05, 4.69) is 5.32 Å². The zero-order chi connectivity index (χ0) is 27.4. The number of hydrogen-bond donors (Lipinski definition) is 1. The minimum Gasteiger partial charge on any atom is -0.350 e. The second-order valence-electron chi connectivity index (χ2n) is 10.2. The maximum absolute atomic E-state index is 13.8. The number of benzene rings is 2. The number of amides is 2. The van der Waals surface area contributed by atoms with E-state index in [9.17, 15) is 18.0 Å². The quantitative estimate of drug-likeness (QED) is 0.526. The molecule has 0 aliphatic carbocycles. The number of anilines is 1. The van der Waals surface area contributed by atoms with Crippen LogP contribution in [0.4, 0.5) is 5.69 Å². The molecule has 0 aliphatic rings. The van der Waals surface area contributed by atoms with Crippen molar-refractivity contribution in [3.8, 4) is 0 Å². The average molecular weight is 537 g/mol. The summed E-state index contributed by atoms with van der Waals surface area (Å²) in [5.74, 6) is -0.857. The van der Waals surface area contributed by atoms with Gasteiger partial charge in [-0.25, -0.2) is 4.31 Å². The van der Waals surface area contributed by atoms with Gasteiger partial charge in [0.15, 0.2) is 0 Å². The molecule has 198 valence electrons. The van der Waals surface area contributed by atoms with Gasteiger partial charge in [-0.2, -0.15) is 12.7 Å². The van der Waals surface area contributed by atoms with Crippen molar-refractivity contribution < 1.29 is 18.0 Å². The highest BCUT2D eigenvalue weighted by Crippen LogP contribution is 2.26. The molecule has 1 N–H and O–H groups in total. The lowest BCUT2D eigenvalue weighted by Crippen LogP contribution is -2.55. The van der Waals surface area contributed by atoms with Crippen LogP contribution in [0.2, 0.25) is 5.02 Å². The Hall–Kier alpha value is -2.62. The van der Waals surface area contributed by atoms with Crippen LogP contribution in [-0.2, 0) is 26.3 Å². The first-order valence-corrected chi connectivity index (χ1v) is 13.4. The summed E-state index contributed by atoms with van der Waals surface area (Å²) in [6.07, 6.45) is 0. The number of rotatable bonds is 9. The van der Waals surface area contributed by atoms with E-state index in [-0.39, 0.29) is 12.5 Å². The molecule has 0 spiro atoms. The first-order chi connectivity index (χ1) is 16.5. The Balaban J connectivity index is 2.53. The molecule has 0 saturated carbocycles. The molecule has 2 aromatic rings. The van der Waals surface area contributed by atoms with Crippen molar-refractivity contribution >= 4 is 39.3 Å². The van der Waals surface area contributed by atoms with Gasteiger partial charge in [0.2, 0.25) is 11.8 Å². The average Bonchev–Trinajstić information content (AvgIpc) is 2.75. The summed E-state index contributed by atoms with van der Waals surface area (Å²) in [4.78, 5) is 28.2. The van der Waals surface area contributed by atoms with Gasteiger partial charge in [0.1, 0.15) is 12.6 Å². The summed E-state index contributed by atoms with van der Waals surface area (Å²) in [6, 6.07) is 11.6. The molecule has 2 aromatic carbocycles. The Bertz CT molecular complexity index is 1210. The number of halogens is 1. The molecule has 1 atom stereocenters. The van der Waals surface area contributed by atoms with Crippen molar-refractivity contribution in [3.63, 3.8) is 0 Å². The van der Waals surface area contributed by atoms with Crippen molar-refractivity contribution in [3.05, 3.63) is 64.2 Å². The zero-order valence-electron chi connectivity index (χ0n) is 22.3. The molecule has 2 rings (SSSR count). The summed E-state index contributed by atoms with van der Waals surface area (Å²) >= 11 is 6.15. The fourth-order valence-corrected chi connectivity index (χ4v) is 4.90. The van der Waals surface area contributed by atoms with Gasteiger partial charge in [0.25, 0.3) is 0 Å². The third kappa shape index (κ3) is 7.69. The third-order valence-electron chi connectivity index (χ3n) is 5.56. The topological polar surface area (TPSA) is 90.0 Å². The number of carbonyl (C=O) groups is 2. The maximum Gasteiger partial charge on any atom is 0.304 e. The lowest BCUT2D eigenvalue weighted by Gasteiger charge is -2.34. The van der Waals surface area contributed by atoms with Crippen molar-refractivity contribution in [2.75, 3.05) is 24.9 Å². The molecule has 0 aliphatic heterocycles. The van der Waals surface area contributed by atoms with Gasteiger partial charge >= 0.3 is 10.2 Å². The lowest BCUT2D eigenvalue weighted by atomic mass is 10.1. The van der Waals surface area contributed by atoms with Crippen LogP contribution >= 0.6 is 11.6 Å². The smallest absolute Gasteiger partial charge is 0.304 e. The van der Waals surface area contributed by atoms with Crippen LogP contribution in [-0.4, -0.2) is 61.7 Å². The molecule has 10 heteroatoms. The van der Waals surface area contributed by atoms with E-state index in [0.717, 1.165) is 19.7 Å². The Labute approximate surface area is 220 Å². The first kappa shape index (κ1) is 29.6. The third-order valence-corrected chi connectivity index (χ3v) is 7.60. The van der Waals surface area contributed by atoms with E-state index in [0.29, 0.717) is 16.3 Å². The molecule has 0 aromatic heterocycles. The highest BCUT2D eigenvalue weighted by Gasteiger charge is 2.34. The van der Waals surface area contributed by atoms with Crippen LogP contribution in [0.5, 0.6) is 0 Å². The molecule has 36 heavy (non-hydrogen) atoms. The molecule has 8 nitrogen and oxygen atoms in total. The largest absolute Gasteiger partial charge is 0.350 e. The summed E-state index contributed by atoms with van der Waals surface area (Å²) in [7, 11) is -1.18. The van der Waals surface area contributed by atoms with Crippen molar-refractivity contribution in [1.82, 2.24) is 14.5 Å². The Kier molecular flexibility index (Phi) is 9.56. The van der Waals surface area contributed by atoms with Gasteiger partial charge in [-0.1, -0.05) is 35.9 Å². The molecule has 2 amide bonds. The van der Waals surface area contributed by atoms with Crippen molar-refractivity contribution in [1.29, 1.82) is 0 Å². The van der Waals surface area contributed by atoms with Gasteiger partial charge in [-0.15, -0.1) is 0 Å². The Morgan fingerprint density at radius 3 is 2.25 bits per heavy atom. The fraction of sp³-hybridized carbons (Fsp3) is 0.462. The van der Waals surface area contributed by atoms with Gasteiger partial charge in [0, 0.05) is 31.2 Å². The molecule has 0 fully saturated rings. The van der Waals surface area contributed by atoms with Crippen LogP contribution in [0.15, 0.2) is 42.5 Å². The standard InChI is InChI=1S/C26H37ClN4O4S/c1-18-12-13-19(2)23(14-18)31(36(34,35)29(7)8)17-24(32)30(16-21-10-9-11-22(27)15-21)20(3)25(33)28-26(4,5)6/h9-15,20H,16-17H2,1-8H3,(H,28,33)/t20-/m0/s1. The number of carbonyl (C=O) groups excluding carboxylic acids is 2. The molecular formula is C26H37ClN4O4S. The Morgan fingerprint density at radius 2 is 1.69 bits per heavy atom. The highest BCUT2D eigenvalue weighted by atomic mass is 35.5. The fourth-order valence-electron chi connectivity index (χ4n) is 3.58. The Morgan fingerprint density at radius 1 is 1.06 bits per heavy atom. The summed E-state index contributed by atoms with van der Waals surface area (Å²) in [6.45, 7) is 10.5. The lowest BCUT2D eigenvalue weighted by molar-refractivity contribution is -0.140. The highest BCUT2D eigenvalue weighted by molar-refractivity contribution is 7.90. The maximum atomic E-state index is 13.8. The minimum atomic E-state index is -4.02. The number of hydrogen-bond acceptors (Lipinski definition) is 4. The van der Waals surface area contributed by atoms with Crippen LogP contribution in [0.25, 0.3) is 0 Å². The van der Waals surface area contributed by atoms with Gasteiger partial charge in [0.05, 0.1) is 5.69 Å². The van der Waals surface area contributed by atoms with E-state index in [1.165, 1.54) is 19.0 Å². The molecular weight excluding hydrogens is 500 g/mol. The van der Waals surface area contributed by atoms with Crippen molar-refractivity contribution in [2.45, 2.75) is 59.7 Å². The molecule has 0 heterocycles. The minimum absolute atomic E-state index is 0.0841. The predicted molar refractivity (Wildman–Crippen MR) is 145 cm³/mol.